The van der Waals surface area contributed by atoms with Crippen LogP contribution in [0.25, 0.3) is 0 Å². The summed E-state index contributed by atoms with van der Waals surface area (Å²) in [6.07, 6.45) is 11.3. The second-order valence-corrected chi connectivity index (χ2v) is 11.0. The van der Waals surface area contributed by atoms with Crippen molar-refractivity contribution < 1.29 is 23.9 Å². The zero-order chi connectivity index (χ0) is 19.4. The van der Waals surface area contributed by atoms with E-state index in [1.165, 1.54) is 32.1 Å². The van der Waals surface area contributed by atoms with Crippen molar-refractivity contribution in [2.75, 3.05) is 6.79 Å². The number of carbonyl (C=O) groups is 3. The third kappa shape index (κ3) is 2.18. The van der Waals surface area contributed by atoms with Crippen molar-refractivity contribution in [3.05, 3.63) is 12.2 Å². The van der Waals surface area contributed by atoms with E-state index in [0.29, 0.717) is 18.3 Å². The summed E-state index contributed by atoms with van der Waals surface area (Å²) in [5.41, 5.74) is 0. The molecular weight excluding hydrogens is 368 g/mol. The highest BCUT2D eigenvalue weighted by Gasteiger charge is 2.69. The van der Waals surface area contributed by atoms with Gasteiger partial charge in [0.15, 0.2) is 6.79 Å². The molecule has 0 aromatic carbocycles. The molecule has 0 aromatic heterocycles. The van der Waals surface area contributed by atoms with E-state index in [0.717, 1.165) is 11.8 Å². The summed E-state index contributed by atoms with van der Waals surface area (Å²) in [5, 5.41) is 0. The number of rotatable bonds is 4. The molecule has 0 aromatic rings. The van der Waals surface area contributed by atoms with Crippen LogP contribution in [0.2, 0.25) is 0 Å². The standard InChI is InChI=1S/C24H28O5/c25-21-14-1-2-15(21)19-18(14)16-8-17(20(19)22(16)26)24(27)29-9-28-23-12-4-10-3-11(6-12)7-13(23)5-10/h1-2,10-20,23H,3-9H2. The van der Waals surface area contributed by atoms with Gasteiger partial charge in [0.2, 0.25) is 0 Å². The Morgan fingerprint density at radius 3 is 2.21 bits per heavy atom. The highest BCUT2D eigenvalue weighted by atomic mass is 16.7. The molecule has 0 amide bonds. The van der Waals surface area contributed by atoms with Crippen molar-refractivity contribution in [3.8, 4) is 0 Å². The fourth-order valence-electron chi connectivity index (χ4n) is 9.20. The Kier molecular flexibility index (Phi) is 3.45. The molecule has 8 bridgehead atoms. The van der Waals surface area contributed by atoms with E-state index in [-0.39, 0.29) is 71.9 Å². The molecule has 8 aliphatic carbocycles. The van der Waals surface area contributed by atoms with Gasteiger partial charge in [-0.15, -0.1) is 0 Å². The maximum atomic E-state index is 12.8. The average molecular weight is 396 g/mol. The van der Waals surface area contributed by atoms with Crippen molar-refractivity contribution in [1.29, 1.82) is 0 Å². The maximum Gasteiger partial charge on any atom is 0.311 e. The van der Waals surface area contributed by atoms with Gasteiger partial charge < -0.3 is 9.47 Å². The second kappa shape index (κ2) is 5.81. The van der Waals surface area contributed by atoms with E-state index in [9.17, 15) is 14.4 Å². The molecule has 8 rings (SSSR count). The number of ether oxygens (including phenoxy) is 2. The molecule has 0 heterocycles. The van der Waals surface area contributed by atoms with Gasteiger partial charge in [0, 0.05) is 23.7 Å². The van der Waals surface area contributed by atoms with Gasteiger partial charge in [-0.3, -0.25) is 14.4 Å². The molecule has 0 aliphatic heterocycles. The Morgan fingerprint density at radius 1 is 0.862 bits per heavy atom. The van der Waals surface area contributed by atoms with E-state index in [4.69, 9.17) is 9.47 Å². The van der Waals surface area contributed by atoms with Crippen molar-refractivity contribution in [2.45, 2.75) is 44.6 Å². The number of carbonyl (C=O) groups excluding carboxylic acids is 3. The first kappa shape index (κ1) is 17.2. The molecule has 0 spiro atoms. The van der Waals surface area contributed by atoms with Gasteiger partial charge in [0.05, 0.1) is 12.0 Å². The van der Waals surface area contributed by atoms with E-state index >= 15 is 0 Å². The monoisotopic (exact) mass is 396 g/mol. The Morgan fingerprint density at radius 2 is 1.52 bits per heavy atom. The van der Waals surface area contributed by atoms with Gasteiger partial charge >= 0.3 is 5.97 Å². The van der Waals surface area contributed by atoms with Crippen LogP contribution in [-0.2, 0) is 23.9 Å². The molecule has 7 atom stereocenters. The van der Waals surface area contributed by atoms with E-state index in [1.807, 2.05) is 12.2 Å². The van der Waals surface area contributed by atoms with Crippen molar-refractivity contribution in [3.63, 3.8) is 0 Å². The topological polar surface area (TPSA) is 69.7 Å². The molecule has 29 heavy (non-hydrogen) atoms. The number of hydrogen-bond donors (Lipinski definition) is 0. The fraction of sp³-hybridized carbons (Fsp3) is 0.792. The molecule has 0 saturated heterocycles. The molecule has 7 saturated carbocycles. The van der Waals surface area contributed by atoms with Gasteiger partial charge in [-0.1, -0.05) is 12.2 Å². The van der Waals surface area contributed by atoms with Crippen molar-refractivity contribution in [1.82, 2.24) is 0 Å². The summed E-state index contributed by atoms with van der Waals surface area (Å²) >= 11 is 0. The summed E-state index contributed by atoms with van der Waals surface area (Å²) in [6, 6.07) is 0. The fourth-order valence-corrected chi connectivity index (χ4v) is 9.20. The second-order valence-electron chi connectivity index (χ2n) is 11.0. The van der Waals surface area contributed by atoms with E-state index < -0.39 is 0 Å². The molecule has 0 N–H and O–H groups in total. The van der Waals surface area contributed by atoms with Crippen LogP contribution in [0, 0.1) is 65.1 Å². The number of ketones is 2. The molecule has 5 nitrogen and oxygen atoms in total. The molecule has 7 fully saturated rings. The number of allylic oxidation sites excluding steroid dienone is 2. The largest absolute Gasteiger partial charge is 0.438 e. The van der Waals surface area contributed by atoms with Crippen LogP contribution in [0.4, 0.5) is 0 Å². The molecular formula is C24H28O5. The number of Topliss-reactive ketones (excluding diaryl/α,β-unsaturated/α-hetero) is 2. The van der Waals surface area contributed by atoms with Crippen LogP contribution >= 0.6 is 0 Å². The number of hydrogen-bond acceptors (Lipinski definition) is 5. The number of fused-ring (bicyclic) bond motifs is 9. The summed E-state index contributed by atoms with van der Waals surface area (Å²) in [6.45, 7) is 0.0207. The lowest BCUT2D eigenvalue weighted by Gasteiger charge is -2.53. The SMILES string of the molecule is O=C1C2C=CC1C1C3C(=O)C(CC3C(=O)OCOC3C4CC5CC(C4)CC3C5)C21. The average Bonchev–Trinajstić information content (AvgIpc) is 3.39. The summed E-state index contributed by atoms with van der Waals surface area (Å²) < 4.78 is 11.7. The highest BCUT2D eigenvalue weighted by Crippen LogP contribution is 2.64. The minimum Gasteiger partial charge on any atom is -0.438 e. The lowest BCUT2D eigenvalue weighted by Crippen LogP contribution is -2.49. The van der Waals surface area contributed by atoms with Gasteiger partial charge in [0.1, 0.15) is 11.6 Å². The third-order valence-corrected chi connectivity index (χ3v) is 9.88. The highest BCUT2D eigenvalue weighted by molar-refractivity contribution is 6.01. The van der Waals surface area contributed by atoms with Crippen LogP contribution < -0.4 is 0 Å². The van der Waals surface area contributed by atoms with Crippen LogP contribution in [0.1, 0.15) is 38.5 Å². The molecule has 0 radical (unpaired) electrons. The Balaban J connectivity index is 1.00. The molecule has 8 aliphatic rings. The third-order valence-electron chi connectivity index (χ3n) is 9.88. The summed E-state index contributed by atoms with van der Waals surface area (Å²) in [7, 11) is 0. The first-order valence-electron chi connectivity index (χ1n) is 11.6. The quantitative estimate of drug-likeness (QED) is 0.316. The summed E-state index contributed by atoms with van der Waals surface area (Å²) in [5.74, 6) is 2.38. The van der Waals surface area contributed by atoms with Crippen molar-refractivity contribution >= 4 is 17.5 Å². The van der Waals surface area contributed by atoms with Crippen LogP contribution in [0.5, 0.6) is 0 Å². The minimum atomic E-state index is -0.378. The summed E-state index contributed by atoms with van der Waals surface area (Å²) in [4.78, 5) is 38.1. The van der Waals surface area contributed by atoms with E-state index in [2.05, 4.69) is 0 Å². The number of esters is 1. The predicted octanol–water partition coefficient (Wildman–Crippen LogP) is 2.78. The Bertz CT molecular complexity index is 801. The predicted molar refractivity (Wildman–Crippen MR) is 101 cm³/mol. The first-order valence-corrected chi connectivity index (χ1v) is 11.6. The Labute approximate surface area is 170 Å². The van der Waals surface area contributed by atoms with Crippen LogP contribution in [0.15, 0.2) is 12.2 Å². The zero-order valence-electron chi connectivity index (χ0n) is 16.6. The Hall–Kier alpha value is -1.49. The first-order chi connectivity index (χ1) is 14.1. The molecule has 154 valence electrons. The molecule has 5 heteroatoms. The zero-order valence-corrected chi connectivity index (χ0v) is 16.6. The lowest BCUT2D eigenvalue weighted by atomic mass is 9.55. The normalized spacial score (nSPS) is 55.2. The molecule has 7 unspecified atom stereocenters. The smallest absolute Gasteiger partial charge is 0.311 e. The van der Waals surface area contributed by atoms with Gasteiger partial charge in [-0.25, -0.2) is 0 Å². The van der Waals surface area contributed by atoms with Crippen molar-refractivity contribution in [2.24, 2.45) is 65.1 Å². The van der Waals surface area contributed by atoms with E-state index in [1.54, 1.807) is 0 Å². The van der Waals surface area contributed by atoms with Crippen LogP contribution in [-0.4, -0.2) is 30.4 Å². The van der Waals surface area contributed by atoms with Gasteiger partial charge in [-0.2, -0.15) is 0 Å². The van der Waals surface area contributed by atoms with Crippen LogP contribution in [0.3, 0.4) is 0 Å². The lowest BCUT2D eigenvalue weighted by molar-refractivity contribution is -0.191. The van der Waals surface area contributed by atoms with Gasteiger partial charge in [0.25, 0.3) is 0 Å². The van der Waals surface area contributed by atoms with Gasteiger partial charge in [-0.05, 0) is 74.0 Å². The minimum absolute atomic E-state index is 0.0207. The maximum absolute atomic E-state index is 12.8.